The zero-order valence-electron chi connectivity index (χ0n) is 9.88. The fourth-order valence-electron chi connectivity index (χ4n) is 1.47. The van der Waals surface area contributed by atoms with Crippen molar-refractivity contribution in [2.45, 2.75) is 26.6 Å². The van der Waals surface area contributed by atoms with Crippen molar-refractivity contribution in [1.82, 2.24) is 4.98 Å². The SMILES string of the molecule is Cc1nc(COc2ccc(C(C)O)cc2)cs1. The zero-order chi connectivity index (χ0) is 12.3. The van der Waals surface area contributed by atoms with E-state index in [1.54, 1.807) is 18.3 Å². The molecule has 0 amide bonds. The zero-order valence-corrected chi connectivity index (χ0v) is 10.7. The van der Waals surface area contributed by atoms with Crippen LogP contribution >= 0.6 is 11.3 Å². The van der Waals surface area contributed by atoms with Crippen LogP contribution < -0.4 is 4.74 Å². The highest BCUT2D eigenvalue weighted by atomic mass is 32.1. The lowest BCUT2D eigenvalue weighted by molar-refractivity contribution is 0.199. The van der Waals surface area contributed by atoms with E-state index in [2.05, 4.69) is 4.98 Å². The van der Waals surface area contributed by atoms with Crippen LogP contribution in [0, 0.1) is 6.92 Å². The van der Waals surface area contributed by atoms with E-state index in [0.717, 1.165) is 22.0 Å². The van der Waals surface area contributed by atoms with Gasteiger partial charge in [-0.25, -0.2) is 4.98 Å². The predicted molar refractivity (Wildman–Crippen MR) is 68.3 cm³/mol. The molecule has 1 N–H and O–H groups in total. The van der Waals surface area contributed by atoms with E-state index < -0.39 is 6.10 Å². The maximum absolute atomic E-state index is 9.38. The first-order valence-corrected chi connectivity index (χ1v) is 6.35. The first-order valence-electron chi connectivity index (χ1n) is 5.47. The van der Waals surface area contributed by atoms with Crippen LogP contribution in [0.5, 0.6) is 5.75 Å². The molecule has 0 fully saturated rings. The average Bonchev–Trinajstić information content (AvgIpc) is 2.73. The highest BCUT2D eigenvalue weighted by Crippen LogP contribution is 2.18. The number of nitrogens with zero attached hydrogens (tertiary/aromatic N) is 1. The van der Waals surface area contributed by atoms with Crippen molar-refractivity contribution in [2.75, 3.05) is 0 Å². The summed E-state index contributed by atoms with van der Waals surface area (Å²) >= 11 is 1.62. The Kier molecular flexibility index (Phi) is 3.76. The number of aryl methyl sites for hydroxylation is 1. The number of hydrogen-bond acceptors (Lipinski definition) is 4. The minimum absolute atomic E-state index is 0.440. The maximum Gasteiger partial charge on any atom is 0.131 e. The highest BCUT2D eigenvalue weighted by molar-refractivity contribution is 7.09. The van der Waals surface area contributed by atoms with Crippen LogP contribution in [0.1, 0.15) is 29.3 Å². The minimum Gasteiger partial charge on any atom is -0.487 e. The molecule has 90 valence electrons. The van der Waals surface area contributed by atoms with Crippen molar-refractivity contribution < 1.29 is 9.84 Å². The summed E-state index contributed by atoms with van der Waals surface area (Å²) in [4.78, 5) is 4.33. The first kappa shape index (κ1) is 12.1. The minimum atomic E-state index is -0.440. The van der Waals surface area contributed by atoms with Crippen molar-refractivity contribution >= 4 is 11.3 Å². The van der Waals surface area contributed by atoms with Gasteiger partial charge in [0.15, 0.2) is 0 Å². The third-order valence-corrected chi connectivity index (χ3v) is 3.24. The molecule has 17 heavy (non-hydrogen) atoms. The van der Waals surface area contributed by atoms with Gasteiger partial charge in [0.1, 0.15) is 12.4 Å². The molecule has 2 aromatic rings. The molecular weight excluding hydrogens is 234 g/mol. The van der Waals surface area contributed by atoms with E-state index in [0.29, 0.717) is 6.61 Å². The van der Waals surface area contributed by atoms with Gasteiger partial charge in [0.05, 0.1) is 16.8 Å². The lowest BCUT2D eigenvalue weighted by Gasteiger charge is -2.07. The fourth-order valence-corrected chi connectivity index (χ4v) is 2.07. The van der Waals surface area contributed by atoms with Crippen molar-refractivity contribution in [2.24, 2.45) is 0 Å². The van der Waals surface area contributed by atoms with Gasteiger partial charge in [-0.05, 0) is 31.5 Å². The van der Waals surface area contributed by atoms with Crippen LogP contribution in [0.4, 0.5) is 0 Å². The Hall–Kier alpha value is -1.39. The topological polar surface area (TPSA) is 42.4 Å². The Bertz CT molecular complexity index is 476. The summed E-state index contributed by atoms with van der Waals surface area (Å²) in [7, 11) is 0. The number of aromatic nitrogens is 1. The molecule has 0 aliphatic heterocycles. The number of benzene rings is 1. The van der Waals surface area contributed by atoms with Crippen molar-refractivity contribution in [1.29, 1.82) is 0 Å². The largest absolute Gasteiger partial charge is 0.487 e. The molecule has 1 atom stereocenters. The Labute approximate surface area is 105 Å². The normalized spacial score (nSPS) is 12.4. The van der Waals surface area contributed by atoms with Gasteiger partial charge in [0.2, 0.25) is 0 Å². The molecule has 0 aliphatic carbocycles. The quantitative estimate of drug-likeness (QED) is 0.905. The number of rotatable bonds is 4. The first-order chi connectivity index (χ1) is 8.15. The lowest BCUT2D eigenvalue weighted by Crippen LogP contribution is -1.96. The molecule has 1 heterocycles. The number of thiazole rings is 1. The molecule has 0 bridgehead atoms. The van der Waals surface area contributed by atoms with E-state index in [4.69, 9.17) is 4.74 Å². The third kappa shape index (κ3) is 3.28. The lowest BCUT2D eigenvalue weighted by atomic mass is 10.1. The van der Waals surface area contributed by atoms with E-state index in [9.17, 15) is 5.11 Å². The van der Waals surface area contributed by atoms with Crippen LogP contribution in [0.15, 0.2) is 29.6 Å². The third-order valence-electron chi connectivity index (χ3n) is 2.42. The second-order valence-electron chi connectivity index (χ2n) is 3.89. The summed E-state index contributed by atoms with van der Waals surface area (Å²) < 4.78 is 5.60. The van der Waals surface area contributed by atoms with E-state index >= 15 is 0 Å². The molecule has 0 saturated heterocycles. The van der Waals surface area contributed by atoms with Gasteiger partial charge in [0, 0.05) is 5.38 Å². The number of aliphatic hydroxyl groups excluding tert-OH is 1. The van der Waals surface area contributed by atoms with E-state index in [1.807, 2.05) is 36.6 Å². The smallest absolute Gasteiger partial charge is 0.131 e. The standard InChI is InChI=1S/C13H15NO2S/c1-9(15)11-3-5-13(6-4-11)16-7-12-8-17-10(2)14-12/h3-6,8-9,15H,7H2,1-2H3. The number of ether oxygens (including phenoxy) is 1. The van der Waals surface area contributed by atoms with Crippen LogP contribution in [0.3, 0.4) is 0 Å². The van der Waals surface area contributed by atoms with E-state index in [1.165, 1.54) is 0 Å². The van der Waals surface area contributed by atoms with Gasteiger partial charge < -0.3 is 9.84 Å². The van der Waals surface area contributed by atoms with E-state index in [-0.39, 0.29) is 0 Å². The number of aliphatic hydroxyl groups is 1. The Morgan fingerprint density at radius 1 is 1.35 bits per heavy atom. The van der Waals surface area contributed by atoms with Gasteiger partial charge in [0.25, 0.3) is 0 Å². The van der Waals surface area contributed by atoms with Gasteiger partial charge >= 0.3 is 0 Å². The van der Waals surface area contributed by atoms with Crippen LogP contribution in [-0.2, 0) is 6.61 Å². The average molecular weight is 249 g/mol. The van der Waals surface area contributed by atoms with Gasteiger partial charge in [-0.3, -0.25) is 0 Å². The molecule has 0 saturated carbocycles. The fraction of sp³-hybridized carbons (Fsp3) is 0.308. The molecule has 4 heteroatoms. The molecule has 1 aromatic heterocycles. The predicted octanol–water partition coefficient (Wildman–Crippen LogP) is 3.08. The Morgan fingerprint density at radius 3 is 2.59 bits per heavy atom. The highest BCUT2D eigenvalue weighted by Gasteiger charge is 2.02. The summed E-state index contributed by atoms with van der Waals surface area (Å²) in [6.45, 7) is 4.21. The molecule has 1 aromatic carbocycles. The second kappa shape index (κ2) is 5.29. The Balaban J connectivity index is 1.95. The summed E-state index contributed by atoms with van der Waals surface area (Å²) in [5.74, 6) is 0.792. The van der Waals surface area contributed by atoms with Crippen LogP contribution in [0.2, 0.25) is 0 Å². The summed E-state index contributed by atoms with van der Waals surface area (Å²) in [5.41, 5.74) is 1.84. The molecule has 3 nitrogen and oxygen atoms in total. The molecule has 0 aliphatic rings. The Morgan fingerprint density at radius 2 is 2.06 bits per heavy atom. The molecule has 1 unspecified atom stereocenters. The number of hydrogen-bond donors (Lipinski definition) is 1. The van der Waals surface area contributed by atoms with Crippen molar-refractivity contribution in [3.8, 4) is 5.75 Å². The summed E-state index contributed by atoms with van der Waals surface area (Å²) in [6, 6.07) is 7.46. The molecule has 0 spiro atoms. The molecular formula is C13H15NO2S. The summed E-state index contributed by atoms with van der Waals surface area (Å²) in [6.07, 6.45) is -0.440. The van der Waals surface area contributed by atoms with Crippen molar-refractivity contribution in [3.05, 3.63) is 45.9 Å². The second-order valence-corrected chi connectivity index (χ2v) is 4.95. The molecule has 2 rings (SSSR count). The van der Waals surface area contributed by atoms with Crippen LogP contribution in [-0.4, -0.2) is 10.1 Å². The van der Waals surface area contributed by atoms with Gasteiger partial charge in [-0.1, -0.05) is 12.1 Å². The monoisotopic (exact) mass is 249 g/mol. The molecule has 0 radical (unpaired) electrons. The van der Waals surface area contributed by atoms with Crippen LogP contribution in [0.25, 0.3) is 0 Å². The van der Waals surface area contributed by atoms with Crippen molar-refractivity contribution in [3.63, 3.8) is 0 Å². The van der Waals surface area contributed by atoms with Gasteiger partial charge in [-0.2, -0.15) is 0 Å². The maximum atomic E-state index is 9.38. The summed E-state index contributed by atoms with van der Waals surface area (Å²) in [5, 5.41) is 12.4. The van der Waals surface area contributed by atoms with Gasteiger partial charge in [-0.15, -0.1) is 11.3 Å².